The summed E-state index contributed by atoms with van der Waals surface area (Å²) in [5.41, 5.74) is 0. The molecule has 1 saturated carbocycles. The van der Waals surface area contributed by atoms with Gasteiger partial charge in [0.25, 0.3) is 0 Å². The van der Waals surface area contributed by atoms with E-state index in [2.05, 4.69) is 11.8 Å². The second-order valence-electron chi connectivity index (χ2n) is 4.99. The predicted octanol–water partition coefficient (Wildman–Crippen LogP) is 0.807. The summed E-state index contributed by atoms with van der Waals surface area (Å²) >= 11 is 0. The van der Waals surface area contributed by atoms with Crippen LogP contribution in [0.4, 0.5) is 0 Å². The van der Waals surface area contributed by atoms with Crippen LogP contribution >= 0.6 is 0 Å². The van der Waals surface area contributed by atoms with Crippen molar-refractivity contribution in [1.82, 2.24) is 9.80 Å². The maximum absolute atomic E-state index is 11.4. The van der Waals surface area contributed by atoms with Crippen LogP contribution in [0.2, 0.25) is 0 Å². The number of piperazine rings is 1. The Labute approximate surface area is 86.1 Å². The van der Waals surface area contributed by atoms with Crippen LogP contribution in [-0.2, 0) is 4.79 Å². The molecule has 0 unspecified atom stereocenters. The summed E-state index contributed by atoms with van der Waals surface area (Å²) < 4.78 is 0. The number of nitrogens with zero attached hydrogens (tertiary/aromatic N) is 2. The number of likely N-dealkylation sites (N-methyl/N-ethyl adjacent to an activating group) is 1. The minimum Gasteiger partial charge on any atom is -0.343 e. The van der Waals surface area contributed by atoms with E-state index in [0.29, 0.717) is 6.54 Å². The molecule has 1 heterocycles. The highest BCUT2D eigenvalue weighted by molar-refractivity contribution is 5.78. The Bertz CT molecular complexity index is 223. The van der Waals surface area contributed by atoms with Crippen LogP contribution in [0.25, 0.3) is 0 Å². The van der Waals surface area contributed by atoms with Gasteiger partial charge in [-0.2, -0.15) is 0 Å². The van der Waals surface area contributed by atoms with Crippen molar-refractivity contribution in [3.05, 3.63) is 0 Å². The van der Waals surface area contributed by atoms with Crippen LogP contribution in [0, 0.1) is 11.8 Å². The lowest BCUT2D eigenvalue weighted by molar-refractivity contribution is -0.134. The van der Waals surface area contributed by atoms with Gasteiger partial charge in [0, 0.05) is 26.7 Å². The van der Waals surface area contributed by atoms with Crippen molar-refractivity contribution in [2.45, 2.75) is 19.8 Å². The molecule has 2 fully saturated rings. The van der Waals surface area contributed by atoms with Gasteiger partial charge in [0.05, 0.1) is 6.54 Å². The van der Waals surface area contributed by atoms with E-state index in [-0.39, 0.29) is 5.91 Å². The third-order valence-corrected chi connectivity index (χ3v) is 3.52. The van der Waals surface area contributed by atoms with Gasteiger partial charge in [0.15, 0.2) is 0 Å². The molecule has 0 atom stereocenters. The molecule has 0 radical (unpaired) electrons. The molecule has 1 amide bonds. The lowest BCUT2D eigenvalue weighted by Gasteiger charge is -2.39. The van der Waals surface area contributed by atoms with Crippen LogP contribution in [-0.4, -0.2) is 48.9 Å². The van der Waals surface area contributed by atoms with Crippen LogP contribution in [0.1, 0.15) is 19.8 Å². The SMILES string of the molecule is CC1CC(CN2CCN(C)C(=O)C2)C1. The molecular formula is C11H20N2O. The zero-order chi connectivity index (χ0) is 10.1. The number of amides is 1. The molecule has 80 valence electrons. The summed E-state index contributed by atoms with van der Waals surface area (Å²) in [4.78, 5) is 15.6. The Balaban J connectivity index is 1.74. The summed E-state index contributed by atoms with van der Waals surface area (Å²) in [6, 6.07) is 0. The number of hydrogen-bond acceptors (Lipinski definition) is 2. The number of carbonyl (C=O) groups excluding carboxylic acids is 1. The highest BCUT2D eigenvalue weighted by Gasteiger charge is 2.29. The first-order chi connectivity index (χ1) is 6.65. The summed E-state index contributed by atoms with van der Waals surface area (Å²) in [7, 11) is 1.89. The lowest BCUT2D eigenvalue weighted by Crippen LogP contribution is -2.50. The van der Waals surface area contributed by atoms with E-state index in [1.165, 1.54) is 12.8 Å². The Kier molecular flexibility index (Phi) is 2.77. The molecule has 3 heteroatoms. The maximum Gasteiger partial charge on any atom is 0.236 e. The quantitative estimate of drug-likeness (QED) is 0.652. The van der Waals surface area contributed by atoms with Crippen LogP contribution in [0.15, 0.2) is 0 Å². The molecule has 1 aliphatic heterocycles. The predicted molar refractivity (Wildman–Crippen MR) is 56.0 cm³/mol. The molecule has 1 saturated heterocycles. The highest BCUT2D eigenvalue weighted by Crippen LogP contribution is 2.33. The Morgan fingerprint density at radius 3 is 2.64 bits per heavy atom. The zero-order valence-electron chi connectivity index (χ0n) is 9.20. The number of rotatable bonds is 2. The first-order valence-electron chi connectivity index (χ1n) is 5.61. The van der Waals surface area contributed by atoms with Gasteiger partial charge in [0.2, 0.25) is 5.91 Å². The minimum absolute atomic E-state index is 0.281. The van der Waals surface area contributed by atoms with Gasteiger partial charge in [-0.05, 0) is 24.7 Å². The zero-order valence-corrected chi connectivity index (χ0v) is 9.20. The van der Waals surface area contributed by atoms with Crippen molar-refractivity contribution in [2.75, 3.05) is 33.2 Å². The van der Waals surface area contributed by atoms with E-state index in [4.69, 9.17) is 0 Å². The molecule has 2 rings (SSSR count). The van der Waals surface area contributed by atoms with Crippen molar-refractivity contribution < 1.29 is 4.79 Å². The van der Waals surface area contributed by atoms with Crippen molar-refractivity contribution in [2.24, 2.45) is 11.8 Å². The molecule has 3 nitrogen and oxygen atoms in total. The van der Waals surface area contributed by atoms with Crippen molar-refractivity contribution in [3.63, 3.8) is 0 Å². The number of carbonyl (C=O) groups is 1. The molecule has 0 N–H and O–H groups in total. The van der Waals surface area contributed by atoms with Crippen LogP contribution in [0.3, 0.4) is 0 Å². The molecule has 0 spiro atoms. The Morgan fingerprint density at radius 1 is 1.36 bits per heavy atom. The van der Waals surface area contributed by atoms with Crippen molar-refractivity contribution in [1.29, 1.82) is 0 Å². The van der Waals surface area contributed by atoms with E-state index >= 15 is 0 Å². The van der Waals surface area contributed by atoms with Crippen LogP contribution < -0.4 is 0 Å². The molecule has 14 heavy (non-hydrogen) atoms. The summed E-state index contributed by atoms with van der Waals surface area (Å²) in [5, 5.41) is 0. The van der Waals surface area contributed by atoms with E-state index < -0.39 is 0 Å². The molecule has 2 aliphatic rings. The normalized spacial score (nSPS) is 34.4. The molecule has 0 aromatic rings. The topological polar surface area (TPSA) is 23.6 Å². The highest BCUT2D eigenvalue weighted by atomic mass is 16.2. The molecule has 1 aliphatic carbocycles. The molecule has 0 aromatic carbocycles. The lowest BCUT2D eigenvalue weighted by atomic mass is 9.76. The fraction of sp³-hybridized carbons (Fsp3) is 0.909. The van der Waals surface area contributed by atoms with Gasteiger partial charge in [-0.25, -0.2) is 0 Å². The standard InChI is InChI=1S/C11H20N2O/c1-9-5-10(6-9)7-13-4-3-12(2)11(14)8-13/h9-10H,3-8H2,1-2H3. The second kappa shape index (κ2) is 3.89. The molecule has 0 bridgehead atoms. The Morgan fingerprint density at radius 2 is 2.07 bits per heavy atom. The van der Waals surface area contributed by atoms with E-state index in [1.54, 1.807) is 0 Å². The van der Waals surface area contributed by atoms with Gasteiger partial charge in [0.1, 0.15) is 0 Å². The summed E-state index contributed by atoms with van der Waals surface area (Å²) in [5.74, 6) is 2.06. The summed E-state index contributed by atoms with van der Waals surface area (Å²) in [6.07, 6.45) is 2.72. The first-order valence-corrected chi connectivity index (χ1v) is 5.61. The average molecular weight is 196 g/mol. The van der Waals surface area contributed by atoms with Gasteiger partial charge in [-0.15, -0.1) is 0 Å². The fourth-order valence-corrected chi connectivity index (χ4v) is 2.55. The third kappa shape index (κ3) is 2.08. The largest absolute Gasteiger partial charge is 0.343 e. The number of hydrogen-bond donors (Lipinski definition) is 0. The minimum atomic E-state index is 0.281. The van der Waals surface area contributed by atoms with Crippen LogP contribution in [0.5, 0.6) is 0 Å². The van der Waals surface area contributed by atoms with Gasteiger partial charge in [-0.3, -0.25) is 9.69 Å². The molecular weight excluding hydrogens is 176 g/mol. The van der Waals surface area contributed by atoms with Crippen molar-refractivity contribution in [3.8, 4) is 0 Å². The fourth-order valence-electron chi connectivity index (χ4n) is 2.55. The first kappa shape index (κ1) is 9.97. The smallest absolute Gasteiger partial charge is 0.236 e. The van der Waals surface area contributed by atoms with Crippen molar-refractivity contribution >= 4 is 5.91 Å². The maximum atomic E-state index is 11.4. The van der Waals surface area contributed by atoms with E-state index in [1.807, 2.05) is 11.9 Å². The van der Waals surface area contributed by atoms with E-state index in [9.17, 15) is 4.79 Å². The second-order valence-corrected chi connectivity index (χ2v) is 4.99. The molecule has 0 aromatic heterocycles. The van der Waals surface area contributed by atoms with Gasteiger partial charge >= 0.3 is 0 Å². The van der Waals surface area contributed by atoms with E-state index in [0.717, 1.165) is 31.5 Å². The Hall–Kier alpha value is -0.570. The van der Waals surface area contributed by atoms with Gasteiger partial charge < -0.3 is 4.90 Å². The average Bonchev–Trinajstić information content (AvgIpc) is 2.09. The monoisotopic (exact) mass is 196 g/mol. The third-order valence-electron chi connectivity index (χ3n) is 3.52. The van der Waals surface area contributed by atoms with Gasteiger partial charge in [-0.1, -0.05) is 6.92 Å². The summed E-state index contributed by atoms with van der Waals surface area (Å²) in [6.45, 7) is 6.06.